The van der Waals surface area contributed by atoms with Crippen LogP contribution in [0.2, 0.25) is 0 Å². The second kappa shape index (κ2) is 9.47. The number of benzene rings is 2. The van der Waals surface area contributed by atoms with Gasteiger partial charge in [0.15, 0.2) is 10.6 Å². The number of methoxy groups -OCH3 is 1. The summed E-state index contributed by atoms with van der Waals surface area (Å²) in [5.41, 5.74) is 1.32. The van der Waals surface area contributed by atoms with Gasteiger partial charge in [0, 0.05) is 0 Å². The van der Waals surface area contributed by atoms with E-state index in [4.69, 9.17) is 13.9 Å². The SMILES string of the molecule is C=CCOC(=O)c1sc(N2C(=O)c3oc4ccccc4c(=O)c3[C@@H]2c2ccc(C(=O)OC)cc2)nc1C. The highest BCUT2D eigenvalue weighted by atomic mass is 32.1. The van der Waals surface area contributed by atoms with Gasteiger partial charge in [-0.25, -0.2) is 14.6 Å². The number of esters is 2. The minimum Gasteiger partial charge on any atom is -0.465 e. The van der Waals surface area contributed by atoms with Crippen molar-refractivity contribution >= 4 is 45.3 Å². The highest BCUT2D eigenvalue weighted by Crippen LogP contribution is 2.43. The predicted molar refractivity (Wildman–Crippen MR) is 136 cm³/mol. The van der Waals surface area contributed by atoms with Crippen molar-refractivity contribution in [2.45, 2.75) is 13.0 Å². The Labute approximate surface area is 214 Å². The lowest BCUT2D eigenvalue weighted by molar-refractivity contribution is 0.0552. The number of fused-ring (bicyclic) bond motifs is 2. The van der Waals surface area contributed by atoms with Gasteiger partial charge in [-0.3, -0.25) is 14.5 Å². The van der Waals surface area contributed by atoms with Gasteiger partial charge in [-0.15, -0.1) is 0 Å². The number of aryl methyl sites for hydroxylation is 1. The molecule has 1 aliphatic rings. The molecule has 0 unspecified atom stereocenters. The predicted octanol–water partition coefficient (Wildman–Crippen LogP) is 4.44. The average Bonchev–Trinajstić information content (AvgIpc) is 3.44. The number of rotatable bonds is 6. The van der Waals surface area contributed by atoms with Crippen LogP contribution in [-0.2, 0) is 9.47 Å². The Morgan fingerprint density at radius 1 is 1.14 bits per heavy atom. The first kappa shape index (κ1) is 24.1. The van der Waals surface area contributed by atoms with Gasteiger partial charge < -0.3 is 13.9 Å². The molecule has 4 aromatic rings. The second-order valence-corrected chi connectivity index (χ2v) is 9.14. The maximum Gasteiger partial charge on any atom is 0.350 e. The van der Waals surface area contributed by atoms with Gasteiger partial charge >= 0.3 is 11.9 Å². The number of para-hydroxylation sites is 1. The minimum atomic E-state index is -0.905. The maximum absolute atomic E-state index is 13.7. The lowest BCUT2D eigenvalue weighted by atomic mass is 9.98. The Bertz CT molecular complexity index is 1640. The fourth-order valence-corrected chi connectivity index (χ4v) is 5.21. The monoisotopic (exact) mass is 516 g/mol. The summed E-state index contributed by atoms with van der Waals surface area (Å²) in [5.74, 6) is -1.78. The molecule has 1 aliphatic heterocycles. The van der Waals surface area contributed by atoms with Gasteiger partial charge in [0.2, 0.25) is 5.76 Å². The van der Waals surface area contributed by atoms with Crippen LogP contribution in [0.4, 0.5) is 5.13 Å². The molecule has 1 amide bonds. The van der Waals surface area contributed by atoms with Crippen LogP contribution in [0.5, 0.6) is 0 Å². The summed E-state index contributed by atoms with van der Waals surface area (Å²) in [4.78, 5) is 57.9. The number of thiazole rings is 1. The van der Waals surface area contributed by atoms with Gasteiger partial charge in [-0.05, 0) is 36.8 Å². The summed E-state index contributed by atoms with van der Waals surface area (Å²) in [7, 11) is 1.28. The fraction of sp³-hybridized carbons (Fsp3) is 0.148. The molecule has 0 saturated carbocycles. The van der Waals surface area contributed by atoms with Crippen molar-refractivity contribution in [3.05, 3.63) is 104 Å². The van der Waals surface area contributed by atoms with Crippen molar-refractivity contribution in [1.82, 2.24) is 4.98 Å². The number of carbonyl (C=O) groups excluding carboxylic acids is 3. The number of hydrogen-bond acceptors (Lipinski definition) is 9. The van der Waals surface area contributed by atoms with Gasteiger partial charge in [0.25, 0.3) is 5.91 Å². The first-order chi connectivity index (χ1) is 17.8. The quantitative estimate of drug-likeness (QED) is 0.273. The molecule has 37 heavy (non-hydrogen) atoms. The molecule has 0 fully saturated rings. The minimum absolute atomic E-state index is 0.0276. The van der Waals surface area contributed by atoms with Crippen molar-refractivity contribution in [3.8, 4) is 0 Å². The molecule has 0 aliphatic carbocycles. The van der Waals surface area contributed by atoms with Gasteiger partial charge in [-0.1, -0.05) is 48.3 Å². The molecule has 0 N–H and O–H groups in total. The molecular formula is C27H20N2O7S. The summed E-state index contributed by atoms with van der Waals surface area (Å²) in [6, 6.07) is 12.2. The number of carbonyl (C=O) groups is 3. The molecule has 186 valence electrons. The molecule has 0 radical (unpaired) electrons. The molecule has 9 nitrogen and oxygen atoms in total. The van der Waals surface area contributed by atoms with Crippen LogP contribution in [-0.4, -0.2) is 36.5 Å². The molecule has 2 aromatic carbocycles. The highest BCUT2D eigenvalue weighted by molar-refractivity contribution is 7.17. The van der Waals surface area contributed by atoms with Gasteiger partial charge in [0.05, 0.1) is 35.4 Å². The van der Waals surface area contributed by atoms with E-state index in [0.717, 1.165) is 11.3 Å². The van der Waals surface area contributed by atoms with Crippen LogP contribution in [0.15, 0.2) is 70.4 Å². The molecule has 2 aromatic heterocycles. The lowest BCUT2D eigenvalue weighted by Gasteiger charge is -2.22. The first-order valence-corrected chi connectivity index (χ1v) is 12.0. The van der Waals surface area contributed by atoms with Gasteiger partial charge in [-0.2, -0.15) is 0 Å². The Kier molecular flexibility index (Phi) is 6.18. The Hall–Kier alpha value is -4.57. The molecule has 0 spiro atoms. The number of anilines is 1. The number of hydrogen-bond donors (Lipinski definition) is 0. The highest BCUT2D eigenvalue weighted by Gasteiger charge is 2.45. The number of amides is 1. The smallest absolute Gasteiger partial charge is 0.350 e. The van der Waals surface area contributed by atoms with Crippen molar-refractivity contribution < 1.29 is 28.3 Å². The molecule has 5 rings (SSSR count). The van der Waals surface area contributed by atoms with Gasteiger partial charge in [0.1, 0.15) is 17.1 Å². The van der Waals surface area contributed by atoms with Crippen LogP contribution < -0.4 is 10.3 Å². The second-order valence-electron chi connectivity index (χ2n) is 8.16. The van der Waals surface area contributed by atoms with Crippen molar-refractivity contribution in [2.24, 2.45) is 0 Å². The van der Waals surface area contributed by atoms with Crippen LogP contribution in [0.25, 0.3) is 11.0 Å². The van der Waals surface area contributed by atoms with E-state index >= 15 is 0 Å². The topological polar surface area (TPSA) is 116 Å². The van der Waals surface area contributed by atoms with Crippen LogP contribution in [0, 0.1) is 6.92 Å². The molecule has 0 bridgehead atoms. The lowest BCUT2D eigenvalue weighted by Crippen LogP contribution is -2.29. The zero-order chi connectivity index (χ0) is 26.3. The third kappa shape index (κ3) is 4.01. The zero-order valence-electron chi connectivity index (χ0n) is 19.8. The molecule has 10 heteroatoms. The Morgan fingerprint density at radius 2 is 1.86 bits per heavy atom. The fourth-order valence-electron chi connectivity index (χ4n) is 4.23. The van der Waals surface area contributed by atoms with E-state index in [9.17, 15) is 19.2 Å². The van der Waals surface area contributed by atoms with E-state index in [2.05, 4.69) is 11.6 Å². The number of ether oxygens (including phenoxy) is 2. The molecular weight excluding hydrogens is 496 g/mol. The van der Waals surface area contributed by atoms with Crippen LogP contribution in [0.1, 0.15) is 53.4 Å². The number of aromatic nitrogens is 1. The summed E-state index contributed by atoms with van der Waals surface area (Å²) >= 11 is 0.977. The summed E-state index contributed by atoms with van der Waals surface area (Å²) in [6.07, 6.45) is 1.45. The maximum atomic E-state index is 13.7. The van der Waals surface area contributed by atoms with E-state index in [1.165, 1.54) is 18.1 Å². The zero-order valence-corrected chi connectivity index (χ0v) is 20.7. The average molecular weight is 517 g/mol. The van der Waals surface area contributed by atoms with Crippen molar-refractivity contribution in [1.29, 1.82) is 0 Å². The first-order valence-electron chi connectivity index (χ1n) is 11.2. The summed E-state index contributed by atoms with van der Waals surface area (Å²) < 4.78 is 15.8. The third-order valence-electron chi connectivity index (χ3n) is 5.93. The van der Waals surface area contributed by atoms with Crippen LogP contribution >= 0.6 is 11.3 Å². The van der Waals surface area contributed by atoms with Crippen LogP contribution in [0.3, 0.4) is 0 Å². The van der Waals surface area contributed by atoms with Crippen molar-refractivity contribution in [3.63, 3.8) is 0 Å². The standard InChI is InChI=1S/C27H20N2O7S/c1-4-13-35-26(33)23-14(2)28-27(37-23)29-20(15-9-11-16(12-10-15)25(32)34-3)19-21(30)17-7-5-6-8-18(17)36-22(19)24(29)31/h4-12,20H,1,13H2,2-3H3/t20-/m0/s1. The Balaban J connectivity index is 1.69. The molecule has 1 atom stereocenters. The third-order valence-corrected chi connectivity index (χ3v) is 7.07. The number of nitrogens with zero attached hydrogens (tertiary/aromatic N) is 2. The van der Waals surface area contributed by atoms with E-state index in [-0.39, 0.29) is 39.0 Å². The normalized spacial score (nSPS) is 14.5. The largest absolute Gasteiger partial charge is 0.465 e. The van der Waals surface area contributed by atoms with Crippen molar-refractivity contribution in [2.75, 3.05) is 18.6 Å². The van der Waals surface area contributed by atoms with E-state index in [1.807, 2.05) is 0 Å². The van der Waals surface area contributed by atoms with E-state index < -0.39 is 23.9 Å². The Morgan fingerprint density at radius 3 is 2.57 bits per heavy atom. The molecule has 3 heterocycles. The van der Waals surface area contributed by atoms with E-state index in [0.29, 0.717) is 22.2 Å². The molecule has 0 saturated heterocycles. The summed E-state index contributed by atoms with van der Waals surface area (Å²) in [5, 5.41) is 0.529. The van der Waals surface area contributed by atoms with E-state index in [1.54, 1.807) is 55.5 Å². The summed E-state index contributed by atoms with van der Waals surface area (Å²) in [6.45, 7) is 5.20.